The molecular formula is C15H12Cl2N8O. The Morgan fingerprint density at radius 2 is 2.12 bits per heavy atom. The number of rotatable bonds is 5. The Hall–Kier alpha value is -2.91. The van der Waals surface area contributed by atoms with Gasteiger partial charge in [0.1, 0.15) is 12.2 Å². The topological polar surface area (TPSA) is 106 Å². The van der Waals surface area contributed by atoms with Crippen LogP contribution in [0.25, 0.3) is 11.0 Å². The van der Waals surface area contributed by atoms with Crippen LogP contribution in [0.3, 0.4) is 0 Å². The van der Waals surface area contributed by atoms with Crippen molar-refractivity contribution in [3.8, 4) is 0 Å². The van der Waals surface area contributed by atoms with Crippen molar-refractivity contribution in [2.75, 3.05) is 5.32 Å². The van der Waals surface area contributed by atoms with Crippen LogP contribution in [-0.2, 0) is 13.2 Å². The van der Waals surface area contributed by atoms with Gasteiger partial charge in [-0.25, -0.2) is 14.3 Å². The summed E-state index contributed by atoms with van der Waals surface area (Å²) in [5, 5.41) is 15.8. The van der Waals surface area contributed by atoms with Crippen molar-refractivity contribution in [2.24, 2.45) is 0 Å². The number of H-pyrrole nitrogens is 1. The van der Waals surface area contributed by atoms with E-state index in [9.17, 15) is 4.79 Å². The molecule has 0 aliphatic rings. The summed E-state index contributed by atoms with van der Waals surface area (Å²) in [6.07, 6.45) is 4.77. The van der Waals surface area contributed by atoms with Crippen molar-refractivity contribution < 1.29 is 0 Å². The fraction of sp³-hybridized carbons (Fsp3) is 0.133. The van der Waals surface area contributed by atoms with Gasteiger partial charge in [0.2, 0.25) is 5.95 Å². The highest BCUT2D eigenvalue weighted by Gasteiger charge is 2.11. The zero-order valence-electron chi connectivity index (χ0n) is 13.2. The van der Waals surface area contributed by atoms with Crippen molar-refractivity contribution in [1.29, 1.82) is 0 Å². The standard InChI is InChI=1S/C15H12Cl2N8O/c16-10-2-1-9(5-11(10)17)6-18-15-21-12-7-20-25(13(12)14(26)22-15)8-24-4-3-19-23-24/h1-5,7H,6,8H2,(H2,18,21,22,26). The molecule has 0 aliphatic heterocycles. The Bertz CT molecular complexity index is 1120. The van der Waals surface area contributed by atoms with E-state index in [1.54, 1.807) is 29.2 Å². The van der Waals surface area contributed by atoms with Crippen LogP contribution in [-0.4, -0.2) is 34.7 Å². The van der Waals surface area contributed by atoms with E-state index in [0.717, 1.165) is 5.56 Å². The second kappa shape index (κ2) is 6.77. The summed E-state index contributed by atoms with van der Waals surface area (Å²) in [6, 6.07) is 5.31. The van der Waals surface area contributed by atoms with E-state index in [1.807, 2.05) is 6.07 Å². The van der Waals surface area contributed by atoms with Crippen molar-refractivity contribution >= 4 is 40.2 Å². The fourth-order valence-corrected chi connectivity index (χ4v) is 2.80. The average Bonchev–Trinajstić information content (AvgIpc) is 3.27. The predicted octanol–water partition coefficient (Wildman–Crippen LogP) is 2.14. The number of hydrogen-bond donors (Lipinski definition) is 2. The smallest absolute Gasteiger partial charge is 0.278 e. The van der Waals surface area contributed by atoms with Gasteiger partial charge in [0, 0.05) is 12.7 Å². The molecule has 3 heterocycles. The van der Waals surface area contributed by atoms with Gasteiger partial charge in [-0.3, -0.25) is 9.78 Å². The molecule has 4 rings (SSSR count). The zero-order chi connectivity index (χ0) is 18.1. The summed E-state index contributed by atoms with van der Waals surface area (Å²) in [5.74, 6) is 0.342. The Morgan fingerprint density at radius 3 is 2.88 bits per heavy atom. The lowest BCUT2D eigenvalue weighted by Crippen LogP contribution is -2.18. The molecule has 0 bridgehead atoms. The molecule has 0 spiro atoms. The van der Waals surface area contributed by atoms with Crippen molar-refractivity contribution in [2.45, 2.75) is 13.2 Å². The molecular weight excluding hydrogens is 379 g/mol. The Labute approximate surface area is 156 Å². The molecule has 0 unspecified atom stereocenters. The highest BCUT2D eigenvalue weighted by Crippen LogP contribution is 2.22. The van der Waals surface area contributed by atoms with Crippen molar-refractivity contribution in [3.63, 3.8) is 0 Å². The molecule has 0 radical (unpaired) electrons. The number of aromatic amines is 1. The maximum absolute atomic E-state index is 12.4. The Balaban J connectivity index is 1.57. The summed E-state index contributed by atoms with van der Waals surface area (Å²) < 4.78 is 3.07. The monoisotopic (exact) mass is 390 g/mol. The average molecular weight is 391 g/mol. The molecule has 0 saturated carbocycles. The molecule has 0 atom stereocenters. The normalized spacial score (nSPS) is 11.2. The molecule has 11 heteroatoms. The zero-order valence-corrected chi connectivity index (χ0v) is 14.7. The number of benzene rings is 1. The van der Waals surface area contributed by atoms with Crippen LogP contribution in [0.4, 0.5) is 5.95 Å². The van der Waals surface area contributed by atoms with E-state index in [0.29, 0.717) is 33.6 Å². The Morgan fingerprint density at radius 1 is 1.23 bits per heavy atom. The highest BCUT2D eigenvalue weighted by molar-refractivity contribution is 6.42. The fourth-order valence-electron chi connectivity index (χ4n) is 2.48. The second-order valence-corrected chi connectivity index (χ2v) is 6.29. The van der Waals surface area contributed by atoms with Gasteiger partial charge in [-0.2, -0.15) is 5.10 Å². The van der Waals surface area contributed by atoms with Crippen LogP contribution in [0.15, 0.2) is 41.6 Å². The van der Waals surface area contributed by atoms with E-state index < -0.39 is 0 Å². The maximum Gasteiger partial charge on any atom is 0.278 e. The van der Waals surface area contributed by atoms with Crippen molar-refractivity contribution in [1.82, 2.24) is 34.7 Å². The van der Waals surface area contributed by atoms with Gasteiger partial charge in [-0.15, -0.1) is 5.10 Å². The lowest BCUT2D eigenvalue weighted by molar-refractivity contribution is 0.501. The van der Waals surface area contributed by atoms with Gasteiger partial charge >= 0.3 is 0 Å². The molecule has 0 fully saturated rings. The van der Waals surface area contributed by atoms with Gasteiger partial charge in [0.05, 0.1) is 22.4 Å². The summed E-state index contributed by atoms with van der Waals surface area (Å²) >= 11 is 11.9. The highest BCUT2D eigenvalue weighted by atomic mass is 35.5. The quantitative estimate of drug-likeness (QED) is 0.540. The van der Waals surface area contributed by atoms with E-state index in [4.69, 9.17) is 23.2 Å². The molecule has 132 valence electrons. The van der Waals surface area contributed by atoms with E-state index in [1.165, 1.54) is 10.9 Å². The maximum atomic E-state index is 12.4. The van der Waals surface area contributed by atoms with Crippen LogP contribution in [0.5, 0.6) is 0 Å². The second-order valence-electron chi connectivity index (χ2n) is 5.48. The third-order valence-corrected chi connectivity index (χ3v) is 4.43. The van der Waals surface area contributed by atoms with Gasteiger partial charge in [-0.1, -0.05) is 34.5 Å². The van der Waals surface area contributed by atoms with Crippen LogP contribution < -0.4 is 10.9 Å². The molecule has 1 aromatic carbocycles. The largest absolute Gasteiger partial charge is 0.352 e. The number of hydrogen-bond acceptors (Lipinski definition) is 6. The first-order valence-corrected chi connectivity index (χ1v) is 8.33. The number of aromatic nitrogens is 7. The van der Waals surface area contributed by atoms with Crippen molar-refractivity contribution in [3.05, 3.63) is 62.8 Å². The lowest BCUT2D eigenvalue weighted by Gasteiger charge is -2.07. The summed E-state index contributed by atoms with van der Waals surface area (Å²) in [4.78, 5) is 19.5. The Kier molecular flexibility index (Phi) is 4.31. The van der Waals surface area contributed by atoms with Gasteiger partial charge < -0.3 is 5.32 Å². The predicted molar refractivity (Wildman–Crippen MR) is 97.4 cm³/mol. The summed E-state index contributed by atoms with van der Waals surface area (Å²) in [7, 11) is 0. The lowest BCUT2D eigenvalue weighted by atomic mass is 10.2. The van der Waals surface area contributed by atoms with Gasteiger partial charge in [-0.05, 0) is 17.7 Å². The number of nitrogens with zero attached hydrogens (tertiary/aromatic N) is 6. The minimum Gasteiger partial charge on any atom is -0.352 e. The molecule has 9 nitrogen and oxygen atoms in total. The van der Waals surface area contributed by atoms with E-state index >= 15 is 0 Å². The van der Waals surface area contributed by atoms with Gasteiger partial charge in [0.25, 0.3) is 5.56 Å². The van der Waals surface area contributed by atoms with Crippen LogP contribution in [0.1, 0.15) is 5.56 Å². The molecule has 2 N–H and O–H groups in total. The molecule has 0 aliphatic carbocycles. The summed E-state index contributed by atoms with van der Waals surface area (Å²) in [5.41, 5.74) is 1.44. The third-order valence-electron chi connectivity index (χ3n) is 3.69. The minimum atomic E-state index is -0.302. The third kappa shape index (κ3) is 3.26. The number of anilines is 1. The number of fused-ring (bicyclic) bond motifs is 1. The first kappa shape index (κ1) is 16.6. The van der Waals surface area contributed by atoms with Crippen LogP contribution in [0, 0.1) is 0 Å². The van der Waals surface area contributed by atoms with Gasteiger partial charge in [0.15, 0.2) is 5.52 Å². The van der Waals surface area contributed by atoms with Crippen LogP contribution in [0.2, 0.25) is 10.0 Å². The molecule has 4 aromatic rings. The SMILES string of the molecule is O=c1[nH]c(NCc2ccc(Cl)c(Cl)c2)nc2cnn(Cn3ccnn3)c12. The van der Waals surface area contributed by atoms with E-state index in [-0.39, 0.29) is 12.2 Å². The molecule has 26 heavy (non-hydrogen) atoms. The first-order valence-electron chi connectivity index (χ1n) is 7.58. The number of nitrogens with one attached hydrogen (secondary N) is 2. The van der Waals surface area contributed by atoms with Crippen LogP contribution >= 0.6 is 23.2 Å². The van der Waals surface area contributed by atoms with E-state index in [2.05, 4.69) is 30.7 Å². The molecule has 0 amide bonds. The minimum absolute atomic E-state index is 0.268. The molecule has 3 aromatic heterocycles. The number of halogens is 2. The first-order chi connectivity index (χ1) is 12.6. The summed E-state index contributed by atoms with van der Waals surface area (Å²) in [6.45, 7) is 0.697. The molecule has 0 saturated heterocycles.